The molecule has 0 fully saturated rings. The Hall–Kier alpha value is -2.07. The lowest BCUT2D eigenvalue weighted by molar-refractivity contribution is 0.177. The van der Waals surface area contributed by atoms with E-state index in [-0.39, 0.29) is 12.6 Å². The first kappa shape index (κ1) is 15.3. The molecular formula is C17H22N2O2. The number of hydrogen-bond acceptors (Lipinski definition) is 2. The number of carbonyl (C=O) groups is 1. The molecule has 21 heavy (non-hydrogen) atoms. The van der Waals surface area contributed by atoms with Gasteiger partial charge < -0.3 is 15.3 Å². The number of benzene rings is 2. The van der Waals surface area contributed by atoms with Gasteiger partial charge in [-0.2, -0.15) is 0 Å². The van der Waals surface area contributed by atoms with Gasteiger partial charge in [-0.15, -0.1) is 0 Å². The van der Waals surface area contributed by atoms with Gasteiger partial charge in [-0.1, -0.05) is 49.4 Å². The highest BCUT2D eigenvalue weighted by Gasteiger charge is 2.11. The van der Waals surface area contributed by atoms with Crippen LogP contribution in [0.2, 0.25) is 0 Å². The number of fused-ring (bicyclic) bond motifs is 1. The molecule has 0 heterocycles. The summed E-state index contributed by atoms with van der Waals surface area (Å²) in [6, 6.07) is 14.1. The van der Waals surface area contributed by atoms with E-state index in [9.17, 15) is 4.79 Å². The molecule has 4 heteroatoms. The van der Waals surface area contributed by atoms with E-state index in [0.717, 1.165) is 17.4 Å². The van der Waals surface area contributed by atoms with Gasteiger partial charge in [0.15, 0.2) is 0 Å². The first-order valence-electron chi connectivity index (χ1n) is 7.36. The SMILES string of the molecule is CCCN(CCO)C(=O)NCc1cccc2ccccc12. The van der Waals surface area contributed by atoms with Crippen LogP contribution in [-0.2, 0) is 6.54 Å². The lowest BCUT2D eigenvalue weighted by Gasteiger charge is -2.21. The predicted octanol–water partition coefficient (Wildman–Crippen LogP) is 2.75. The summed E-state index contributed by atoms with van der Waals surface area (Å²) in [7, 11) is 0. The maximum atomic E-state index is 12.1. The highest BCUT2D eigenvalue weighted by atomic mass is 16.3. The van der Waals surface area contributed by atoms with Crippen molar-refractivity contribution in [3.8, 4) is 0 Å². The highest BCUT2D eigenvalue weighted by molar-refractivity contribution is 5.86. The maximum Gasteiger partial charge on any atom is 0.317 e. The molecule has 0 aliphatic carbocycles. The zero-order valence-corrected chi connectivity index (χ0v) is 12.4. The van der Waals surface area contributed by atoms with Crippen LogP contribution in [0.1, 0.15) is 18.9 Å². The van der Waals surface area contributed by atoms with Crippen molar-refractivity contribution in [2.75, 3.05) is 19.7 Å². The first-order valence-corrected chi connectivity index (χ1v) is 7.36. The molecule has 2 rings (SSSR count). The van der Waals surface area contributed by atoms with E-state index in [1.807, 2.05) is 31.2 Å². The molecule has 0 atom stereocenters. The third-order valence-corrected chi connectivity index (χ3v) is 3.46. The number of amides is 2. The van der Waals surface area contributed by atoms with Gasteiger partial charge in [-0.3, -0.25) is 0 Å². The molecule has 0 bridgehead atoms. The van der Waals surface area contributed by atoms with E-state index < -0.39 is 0 Å². The molecule has 0 saturated carbocycles. The summed E-state index contributed by atoms with van der Waals surface area (Å²) < 4.78 is 0. The quantitative estimate of drug-likeness (QED) is 0.858. The third kappa shape index (κ3) is 3.95. The summed E-state index contributed by atoms with van der Waals surface area (Å²) in [5.41, 5.74) is 1.10. The van der Waals surface area contributed by atoms with Crippen LogP contribution in [0.15, 0.2) is 42.5 Å². The number of urea groups is 1. The Balaban J connectivity index is 2.05. The van der Waals surface area contributed by atoms with Crippen molar-refractivity contribution in [2.45, 2.75) is 19.9 Å². The van der Waals surface area contributed by atoms with Crippen LogP contribution in [0.25, 0.3) is 10.8 Å². The van der Waals surface area contributed by atoms with Gasteiger partial charge >= 0.3 is 6.03 Å². The van der Waals surface area contributed by atoms with E-state index in [1.165, 1.54) is 5.39 Å². The number of hydrogen-bond donors (Lipinski definition) is 2. The number of aliphatic hydroxyl groups excluding tert-OH is 1. The Morgan fingerprint density at radius 3 is 2.67 bits per heavy atom. The van der Waals surface area contributed by atoms with Crippen LogP contribution in [0.5, 0.6) is 0 Å². The second-order valence-electron chi connectivity index (χ2n) is 5.01. The van der Waals surface area contributed by atoms with Crippen LogP contribution in [-0.4, -0.2) is 35.7 Å². The van der Waals surface area contributed by atoms with Crippen molar-refractivity contribution >= 4 is 16.8 Å². The van der Waals surface area contributed by atoms with Gasteiger partial charge in [-0.25, -0.2) is 4.79 Å². The molecule has 0 aliphatic heterocycles. The topological polar surface area (TPSA) is 52.6 Å². The van der Waals surface area contributed by atoms with Crippen molar-refractivity contribution in [3.63, 3.8) is 0 Å². The van der Waals surface area contributed by atoms with Gasteiger partial charge in [0.2, 0.25) is 0 Å². The molecule has 112 valence electrons. The normalized spacial score (nSPS) is 10.6. The van der Waals surface area contributed by atoms with Crippen molar-refractivity contribution in [1.82, 2.24) is 10.2 Å². The Morgan fingerprint density at radius 2 is 1.90 bits per heavy atom. The largest absolute Gasteiger partial charge is 0.395 e. The van der Waals surface area contributed by atoms with E-state index in [1.54, 1.807) is 4.90 Å². The molecule has 0 aliphatic rings. The summed E-state index contributed by atoms with van der Waals surface area (Å²) in [4.78, 5) is 13.8. The van der Waals surface area contributed by atoms with Gasteiger partial charge in [0.1, 0.15) is 0 Å². The maximum absolute atomic E-state index is 12.1. The standard InChI is InChI=1S/C17H22N2O2/c1-2-10-19(11-12-20)17(21)18-13-15-8-5-7-14-6-3-4-9-16(14)15/h3-9,20H,2,10-13H2,1H3,(H,18,21). The second-order valence-corrected chi connectivity index (χ2v) is 5.01. The van der Waals surface area contributed by atoms with E-state index in [0.29, 0.717) is 19.6 Å². The van der Waals surface area contributed by atoms with Gasteiger partial charge in [-0.05, 0) is 22.8 Å². The number of aliphatic hydroxyl groups is 1. The van der Waals surface area contributed by atoms with Crippen molar-refractivity contribution in [3.05, 3.63) is 48.0 Å². The zero-order valence-electron chi connectivity index (χ0n) is 12.4. The van der Waals surface area contributed by atoms with Crippen LogP contribution in [0.3, 0.4) is 0 Å². The number of rotatable bonds is 6. The molecule has 0 saturated heterocycles. The summed E-state index contributed by atoms with van der Waals surface area (Å²) >= 11 is 0. The Labute approximate surface area is 125 Å². The molecule has 0 spiro atoms. The number of carbonyl (C=O) groups excluding carboxylic acids is 1. The Bertz CT molecular complexity index is 587. The minimum Gasteiger partial charge on any atom is -0.395 e. The monoisotopic (exact) mass is 286 g/mol. The van der Waals surface area contributed by atoms with Gasteiger partial charge in [0, 0.05) is 19.6 Å². The molecule has 0 aromatic heterocycles. The Kier molecular flexibility index (Phi) is 5.58. The zero-order chi connectivity index (χ0) is 15.1. The van der Waals surface area contributed by atoms with Gasteiger partial charge in [0.05, 0.1) is 6.61 Å². The van der Waals surface area contributed by atoms with Crippen molar-refractivity contribution in [2.24, 2.45) is 0 Å². The third-order valence-electron chi connectivity index (χ3n) is 3.46. The van der Waals surface area contributed by atoms with Crippen molar-refractivity contribution < 1.29 is 9.90 Å². The smallest absolute Gasteiger partial charge is 0.317 e. The summed E-state index contributed by atoms with van der Waals surface area (Å²) in [6.45, 7) is 3.52. The number of nitrogens with zero attached hydrogens (tertiary/aromatic N) is 1. The molecular weight excluding hydrogens is 264 g/mol. The minimum atomic E-state index is -0.126. The van der Waals surface area contributed by atoms with Crippen LogP contribution < -0.4 is 5.32 Å². The highest BCUT2D eigenvalue weighted by Crippen LogP contribution is 2.18. The van der Waals surface area contributed by atoms with Crippen LogP contribution in [0, 0.1) is 0 Å². The molecule has 4 nitrogen and oxygen atoms in total. The fourth-order valence-corrected chi connectivity index (χ4v) is 2.43. The molecule has 2 aromatic carbocycles. The first-order chi connectivity index (χ1) is 10.3. The molecule has 2 amide bonds. The number of nitrogens with one attached hydrogen (secondary N) is 1. The minimum absolute atomic E-state index is 0.0122. The van der Waals surface area contributed by atoms with E-state index in [4.69, 9.17) is 5.11 Å². The fraction of sp³-hybridized carbons (Fsp3) is 0.353. The molecule has 2 aromatic rings. The average molecular weight is 286 g/mol. The summed E-state index contributed by atoms with van der Waals surface area (Å²) in [5, 5.41) is 14.3. The fourth-order valence-electron chi connectivity index (χ4n) is 2.43. The van der Waals surface area contributed by atoms with Crippen LogP contribution >= 0.6 is 0 Å². The molecule has 0 radical (unpaired) electrons. The molecule has 2 N–H and O–H groups in total. The van der Waals surface area contributed by atoms with Crippen molar-refractivity contribution in [1.29, 1.82) is 0 Å². The predicted molar refractivity (Wildman–Crippen MR) is 85.1 cm³/mol. The lowest BCUT2D eigenvalue weighted by Crippen LogP contribution is -2.41. The second kappa shape index (κ2) is 7.64. The van der Waals surface area contributed by atoms with Crippen LogP contribution in [0.4, 0.5) is 4.79 Å². The molecule has 0 unspecified atom stereocenters. The summed E-state index contributed by atoms with van der Waals surface area (Å²) in [5.74, 6) is 0. The lowest BCUT2D eigenvalue weighted by atomic mass is 10.0. The van der Waals surface area contributed by atoms with E-state index in [2.05, 4.69) is 23.5 Å². The summed E-state index contributed by atoms with van der Waals surface area (Å²) in [6.07, 6.45) is 0.877. The Morgan fingerprint density at radius 1 is 1.14 bits per heavy atom. The average Bonchev–Trinajstić information content (AvgIpc) is 2.52. The van der Waals surface area contributed by atoms with E-state index >= 15 is 0 Å². The van der Waals surface area contributed by atoms with Gasteiger partial charge in [0.25, 0.3) is 0 Å².